The molecule has 0 radical (unpaired) electrons. The fraction of sp³-hybridized carbons (Fsp3) is 0.571. The van der Waals surface area contributed by atoms with Gasteiger partial charge in [0, 0.05) is 16.7 Å². The highest BCUT2D eigenvalue weighted by Crippen LogP contribution is 2.27. The lowest BCUT2D eigenvalue weighted by atomic mass is 9.85. The van der Waals surface area contributed by atoms with Crippen molar-refractivity contribution in [3.63, 3.8) is 0 Å². The molecule has 0 spiro atoms. The number of ketones is 2. The fourth-order valence-corrected chi connectivity index (χ4v) is 3.61. The molecule has 1 atom stereocenters. The van der Waals surface area contributed by atoms with Crippen molar-refractivity contribution in [1.82, 2.24) is 0 Å². The molecule has 1 unspecified atom stereocenters. The van der Waals surface area contributed by atoms with Crippen LogP contribution in [-0.2, 0) is 9.59 Å². The molecule has 0 saturated carbocycles. The molecule has 3 nitrogen and oxygen atoms in total. The molecular weight excluding hydrogens is 384 g/mol. The molecule has 0 aromatic carbocycles. The Labute approximate surface area is 189 Å². The van der Waals surface area contributed by atoms with E-state index in [1.807, 2.05) is 6.92 Å². The van der Waals surface area contributed by atoms with E-state index in [4.69, 9.17) is 0 Å². The SMILES string of the molecule is CC(C)=CCCC(C)=CCCC(C)=CCCC(C)(O)CCC1=CC(=O)C(C)=C(C)C1=O. The summed E-state index contributed by atoms with van der Waals surface area (Å²) in [6.45, 7) is 13.8. The predicted octanol–water partition coefficient (Wildman–Crippen LogP) is 7.13. The molecule has 3 heteroatoms. The average molecular weight is 427 g/mol. The van der Waals surface area contributed by atoms with Gasteiger partial charge in [0.05, 0.1) is 5.60 Å². The molecule has 0 fully saturated rings. The van der Waals surface area contributed by atoms with Gasteiger partial charge in [-0.25, -0.2) is 0 Å². The molecule has 0 aliphatic heterocycles. The molecule has 0 heterocycles. The topological polar surface area (TPSA) is 54.4 Å². The maximum atomic E-state index is 12.4. The zero-order chi connectivity index (χ0) is 23.6. The van der Waals surface area contributed by atoms with Gasteiger partial charge < -0.3 is 5.11 Å². The van der Waals surface area contributed by atoms with Gasteiger partial charge in [-0.3, -0.25) is 9.59 Å². The number of hydrogen-bond donors (Lipinski definition) is 1. The number of hydrogen-bond acceptors (Lipinski definition) is 3. The summed E-state index contributed by atoms with van der Waals surface area (Å²) in [6.07, 6.45) is 15.0. The Hall–Kier alpha value is -2.00. The summed E-state index contributed by atoms with van der Waals surface area (Å²) >= 11 is 0. The van der Waals surface area contributed by atoms with Gasteiger partial charge in [-0.15, -0.1) is 0 Å². The van der Waals surface area contributed by atoms with Crippen molar-refractivity contribution in [3.8, 4) is 0 Å². The molecule has 1 aliphatic carbocycles. The van der Waals surface area contributed by atoms with Gasteiger partial charge in [-0.05, 0) is 106 Å². The lowest BCUT2D eigenvalue weighted by molar-refractivity contribution is -0.116. The van der Waals surface area contributed by atoms with E-state index in [-0.39, 0.29) is 11.6 Å². The highest BCUT2D eigenvalue weighted by atomic mass is 16.3. The van der Waals surface area contributed by atoms with Crippen LogP contribution >= 0.6 is 0 Å². The molecule has 1 aliphatic rings. The second kappa shape index (κ2) is 12.8. The van der Waals surface area contributed by atoms with Gasteiger partial charge in [0.2, 0.25) is 0 Å². The van der Waals surface area contributed by atoms with E-state index in [1.165, 1.54) is 22.8 Å². The zero-order valence-electron chi connectivity index (χ0n) is 20.7. The largest absolute Gasteiger partial charge is 0.390 e. The van der Waals surface area contributed by atoms with Crippen molar-refractivity contribution >= 4 is 11.6 Å². The third-order valence-electron chi connectivity index (χ3n) is 6.10. The van der Waals surface area contributed by atoms with Crippen LogP contribution in [-0.4, -0.2) is 22.3 Å². The Morgan fingerprint density at radius 3 is 2.00 bits per heavy atom. The second-order valence-corrected chi connectivity index (χ2v) is 9.61. The Morgan fingerprint density at radius 1 is 0.871 bits per heavy atom. The summed E-state index contributed by atoms with van der Waals surface area (Å²) in [6, 6.07) is 0. The molecule has 1 rings (SSSR count). The maximum absolute atomic E-state index is 12.4. The van der Waals surface area contributed by atoms with Crippen LogP contribution in [0.4, 0.5) is 0 Å². The normalized spacial score (nSPS) is 17.6. The average Bonchev–Trinajstić information content (AvgIpc) is 2.67. The number of Topliss-reactive ketones (excluding diaryl/α,β-unsaturated/α-hetero) is 1. The minimum absolute atomic E-state index is 0.0622. The maximum Gasteiger partial charge on any atom is 0.185 e. The van der Waals surface area contributed by atoms with Gasteiger partial charge in [0.1, 0.15) is 0 Å². The predicted molar refractivity (Wildman–Crippen MR) is 131 cm³/mol. The minimum Gasteiger partial charge on any atom is -0.390 e. The summed E-state index contributed by atoms with van der Waals surface area (Å²) in [7, 11) is 0. The third-order valence-corrected chi connectivity index (χ3v) is 6.10. The van der Waals surface area contributed by atoms with Crippen LogP contribution in [0.15, 0.2) is 57.7 Å². The van der Waals surface area contributed by atoms with E-state index >= 15 is 0 Å². The number of allylic oxidation sites excluding steroid dienone is 10. The molecular formula is C28H42O3. The molecule has 0 saturated heterocycles. The van der Waals surface area contributed by atoms with Crippen LogP contribution < -0.4 is 0 Å². The Bertz CT molecular complexity index is 809. The quantitative estimate of drug-likeness (QED) is 0.267. The van der Waals surface area contributed by atoms with Crippen molar-refractivity contribution in [2.75, 3.05) is 0 Å². The van der Waals surface area contributed by atoms with E-state index in [2.05, 4.69) is 45.9 Å². The minimum atomic E-state index is -0.855. The van der Waals surface area contributed by atoms with E-state index in [0.717, 1.165) is 32.1 Å². The van der Waals surface area contributed by atoms with Crippen LogP contribution in [0, 0.1) is 0 Å². The highest BCUT2D eigenvalue weighted by Gasteiger charge is 2.26. The van der Waals surface area contributed by atoms with Crippen LogP contribution in [0.2, 0.25) is 0 Å². The summed E-state index contributed by atoms with van der Waals surface area (Å²) in [5, 5.41) is 10.7. The van der Waals surface area contributed by atoms with Crippen LogP contribution in [0.1, 0.15) is 99.8 Å². The van der Waals surface area contributed by atoms with Gasteiger partial charge >= 0.3 is 0 Å². The number of rotatable bonds is 12. The lowest BCUT2D eigenvalue weighted by Gasteiger charge is -2.24. The standard InChI is InChI=1S/C28H42O3/c1-20(2)11-8-12-21(3)13-9-14-22(4)15-10-17-28(7,31)18-16-25-19-26(29)23(5)24(6)27(25)30/h11,13,15,19,31H,8-10,12,14,16-18H2,1-7H3. The molecule has 0 aromatic heterocycles. The Kier molecular flexibility index (Phi) is 11.1. The molecule has 1 N–H and O–H groups in total. The van der Waals surface area contributed by atoms with Crippen molar-refractivity contribution in [3.05, 3.63) is 57.7 Å². The summed E-state index contributed by atoms with van der Waals surface area (Å²) in [5.41, 5.74) is 4.88. The van der Waals surface area contributed by atoms with Crippen molar-refractivity contribution in [2.24, 2.45) is 0 Å². The summed E-state index contributed by atoms with van der Waals surface area (Å²) in [4.78, 5) is 24.3. The molecule has 0 bridgehead atoms. The number of carbonyl (C=O) groups excluding carboxylic acids is 2. The first kappa shape index (κ1) is 27.0. The highest BCUT2D eigenvalue weighted by molar-refractivity contribution is 6.22. The van der Waals surface area contributed by atoms with E-state index in [1.54, 1.807) is 13.8 Å². The first-order chi connectivity index (χ1) is 14.4. The zero-order valence-corrected chi connectivity index (χ0v) is 20.7. The third kappa shape index (κ3) is 10.2. The monoisotopic (exact) mass is 426 g/mol. The first-order valence-electron chi connectivity index (χ1n) is 11.6. The van der Waals surface area contributed by atoms with Gasteiger partial charge in [-0.2, -0.15) is 0 Å². The van der Waals surface area contributed by atoms with Crippen LogP contribution in [0.3, 0.4) is 0 Å². The second-order valence-electron chi connectivity index (χ2n) is 9.61. The molecule has 0 aromatic rings. The lowest BCUT2D eigenvalue weighted by Crippen LogP contribution is -2.25. The van der Waals surface area contributed by atoms with E-state index in [0.29, 0.717) is 36.0 Å². The molecule has 31 heavy (non-hydrogen) atoms. The van der Waals surface area contributed by atoms with Gasteiger partial charge in [-0.1, -0.05) is 34.9 Å². The van der Waals surface area contributed by atoms with Gasteiger partial charge in [0.25, 0.3) is 0 Å². The fourth-order valence-electron chi connectivity index (χ4n) is 3.61. The van der Waals surface area contributed by atoms with E-state index < -0.39 is 5.60 Å². The molecule has 172 valence electrons. The Morgan fingerprint density at radius 2 is 1.42 bits per heavy atom. The Balaban J connectivity index is 2.41. The summed E-state index contributed by atoms with van der Waals surface area (Å²) in [5.74, 6) is -0.153. The summed E-state index contributed by atoms with van der Waals surface area (Å²) < 4.78 is 0. The van der Waals surface area contributed by atoms with Gasteiger partial charge in [0.15, 0.2) is 11.6 Å². The van der Waals surface area contributed by atoms with Crippen molar-refractivity contribution < 1.29 is 14.7 Å². The number of aliphatic hydroxyl groups is 1. The van der Waals surface area contributed by atoms with Crippen molar-refractivity contribution in [2.45, 2.75) is 105 Å². The number of carbonyl (C=O) groups is 2. The van der Waals surface area contributed by atoms with Crippen LogP contribution in [0.5, 0.6) is 0 Å². The molecule has 0 amide bonds. The first-order valence-corrected chi connectivity index (χ1v) is 11.6. The smallest absolute Gasteiger partial charge is 0.185 e. The van der Waals surface area contributed by atoms with Crippen molar-refractivity contribution in [1.29, 1.82) is 0 Å². The van der Waals surface area contributed by atoms with Crippen LogP contribution in [0.25, 0.3) is 0 Å². The van der Waals surface area contributed by atoms with E-state index in [9.17, 15) is 14.7 Å².